The lowest BCUT2D eigenvalue weighted by Gasteiger charge is -2.32. The summed E-state index contributed by atoms with van der Waals surface area (Å²) in [6, 6.07) is 10.6. The average Bonchev–Trinajstić information content (AvgIpc) is 2.87. The molecule has 2 fully saturated rings. The number of aliphatic hydroxyl groups excluding tert-OH is 1. The SMILES string of the molecule is O=C(NC1CCCCC1O)c1cc(CN2CCC(c3ccncc3)CC2)c2cccc(F)c2n1. The number of carbonyl (C=O) groups is 1. The third kappa shape index (κ3) is 4.95. The number of para-hydroxylation sites is 1. The largest absolute Gasteiger partial charge is 0.391 e. The van der Waals surface area contributed by atoms with Crippen molar-refractivity contribution in [1.29, 1.82) is 0 Å². The number of hydrogen-bond donors (Lipinski definition) is 2. The number of hydrogen-bond acceptors (Lipinski definition) is 5. The van der Waals surface area contributed by atoms with Crippen LogP contribution in [0.25, 0.3) is 10.9 Å². The van der Waals surface area contributed by atoms with Gasteiger partial charge in [0, 0.05) is 24.3 Å². The summed E-state index contributed by atoms with van der Waals surface area (Å²) in [5.41, 5.74) is 2.66. The minimum atomic E-state index is -0.545. The number of carbonyl (C=O) groups excluding carboxylic acids is 1. The van der Waals surface area contributed by atoms with Crippen LogP contribution in [0, 0.1) is 5.82 Å². The summed E-state index contributed by atoms with van der Waals surface area (Å²) < 4.78 is 14.7. The van der Waals surface area contributed by atoms with E-state index in [2.05, 4.69) is 32.3 Å². The van der Waals surface area contributed by atoms with Gasteiger partial charge in [-0.1, -0.05) is 25.0 Å². The maximum Gasteiger partial charge on any atom is 0.270 e. The van der Waals surface area contributed by atoms with E-state index in [-0.39, 0.29) is 23.2 Å². The smallest absolute Gasteiger partial charge is 0.270 e. The first-order valence-electron chi connectivity index (χ1n) is 12.3. The maximum atomic E-state index is 14.7. The summed E-state index contributed by atoms with van der Waals surface area (Å²) in [6.07, 6.45) is 8.62. The molecule has 2 N–H and O–H groups in total. The van der Waals surface area contributed by atoms with Crippen LogP contribution in [0.15, 0.2) is 48.8 Å². The number of rotatable bonds is 5. The molecule has 1 saturated heterocycles. The van der Waals surface area contributed by atoms with Crippen molar-refractivity contribution in [1.82, 2.24) is 20.2 Å². The van der Waals surface area contributed by atoms with Crippen LogP contribution in [0.4, 0.5) is 4.39 Å². The molecule has 34 heavy (non-hydrogen) atoms. The van der Waals surface area contributed by atoms with Gasteiger partial charge in [-0.15, -0.1) is 0 Å². The zero-order valence-electron chi connectivity index (χ0n) is 19.3. The second kappa shape index (κ2) is 10.2. The maximum absolute atomic E-state index is 14.7. The molecule has 1 aromatic carbocycles. The summed E-state index contributed by atoms with van der Waals surface area (Å²) in [4.78, 5) is 23.9. The van der Waals surface area contributed by atoms with Gasteiger partial charge in [-0.2, -0.15) is 0 Å². The Balaban J connectivity index is 1.35. The Labute approximate surface area is 199 Å². The van der Waals surface area contributed by atoms with E-state index >= 15 is 0 Å². The van der Waals surface area contributed by atoms with Gasteiger partial charge in [-0.3, -0.25) is 14.7 Å². The molecule has 2 aliphatic rings. The average molecular weight is 463 g/mol. The molecule has 6 nitrogen and oxygen atoms in total. The summed E-state index contributed by atoms with van der Waals surface area (Å²) in [5.74, 6) is -0.259. The second-order valence-electron chi connectivity index (χ2n) is 9.57. The van der Waals surface area contributed by atoms with Crippen LogP contribution in [0.3, 0.4) is 0 Å². The molecule has 3 aromatic rings. The Hall–Kier alpha value is -2.90. The molecule has 0 radical (unpaired) electrons. The fourth-order valence-electron chi connectivity index (χ4n) is 5.35. The number of nitrogens with one attached hydrogen (secondary N) is 1. The number of fused-ring (bicyclic) bond motifs is 1. The number of amides is 1. The zero-order chi connectivity index (χ0) is 23.5. The Bertz CT molecular complexity index is 1150. The van der Waals surface area contributed by atoms with Crippen LogP contribution in [-0.4, -0.2) is 51.1 Å². The molecule has 1 aliphatic carbocycles. The van der Waals surface area contributed by atoms with Gasteiger partial charge in [0.2, 0.25) is 0 Å². The van der Waals surface area contributed by atoms with Crippen molar-refractivity contribution in [2.75, 3.05) is 13.1 Å². The molecule has 1 saturated carbocycles. The van der Waals surface area contributed by atoms with Gasteiger partial charge in [0.15, 0.2) is 0 Å². The molecule has 2 unspecified atom stereocenters. The molecule has 7 heteroatoms. The molecule has 0 spiro atoms. The van der Waals surface area contributed by atoms with Crippen molar-refractivity contribution >= 4 is 16.8 Å². The van der Waals surface area contributed by atoms with E-state index in [1.165, 1.54) is 11.6 Å². The van der Waals surface area contributed by atoms with E-state index in [1.807, 2.05) is 18.5 Å². The molecular weight excluding hydrogens is 431 g/mol. The number of halogens is 1. The molecule has 1 amide bonds. The quantitative estimate of drug-likeness (QED) is 0.595. The number of aliphatic hydroxyl groups is 1. The molecule has 1 aliphatic heterocycles. The molecule has 2 atom stereocenters. The first kappa shape index (κ1) is 22.9. The lowest BCUT2D eigenvalue weighted by molar-refractivity contribution is 0.0714. The summed E-state index contributed by atoms with van der Waals surface area (Å²) >= 11 is 0. The van der Waals surface area contributed by atoms with Gasteiger partial charge in [-0.25, -0.2) is 9.37 Å². The van der Waals surface area contributed by atoms with Crippen molar-refractivity contribution in [3.63, 3.8) is 0 Å². The summed E-state index contributed by atoms with van der Waals surface area (Å²) in [6.45, 7) is 2.50. The predicted molar refractivity (Wildman–Crippen MR) is 129 cm³/mol. The van der Waals surface area contributed by atoms with E-state index in [0.717, 1.165) is 56.1 Å². The van der Waals surface area contributed by atoms with E-state index in [9.17, 15) is 14.3 Å². The number of aromatic nitrogens is 2. The minimum Gasteiger partial charge on any atom is -0.391 e. The first-order valence-corrected chi connectivity index (χ1v) is 12.3. The number of nitrogens with zero attached hydrogens (tertiary/aromatic N) is 3. The highest BCUT2D eigenvalue weighted by molar-refractivity contribution is 5.96. The Morgan fingerprint density at radius 2 is 1.85 bits per heavy atom. The van der Waals surface area contributed by atoms with Gasteiger partial charge in [0.1, 0.15) is 17.0 Å². The first-order chi connectivity index (χ1) is 16.6. The monoisotopic (exact) mass is 462 g/mol. The van der Waals surface area contributed by atoms with Crippen LogP contribution < -0.4 is 5.32 Å². The molecular formula is C27H31FN4O2. The number of pyridine rings is 2. The van der Waals surface area contributed by atoms with Crippen LogP contribution in [0.1, 0.15) is 66.1 Å². The van der Waals surface area contributed by atoms with Crippen LogP contribution in [0.5, 0.6) is 0 Å². The predicted octanol–water partition coefficient (Wildman–Crippen LogP) is 4.18. The Kier molecular flexibility index (Phi) is 6.83. The van der Waals surface area contributed by atoms with E-state index in [1.54, 1.807) is 12.1 Å². The van der Waals surface area contributed by atoms with Gasteiger partial charge >= 0.3 is 0 Å². The molecule has 5 rings (SSSR count). The summed E-state index contributed by atoms with van der Waals surface area (Å²) in [5, 5.41) is 13.9. The summed E-state index contributed by atoms with van der Waals surface area (Å²) in [7, 11) is 0. The lowest BCUT2D eigenvalue weighted by Crippen LogP contribution is -2.45. The highest BCUT2D eigenvalue weighted by Crippen LogP contribution is 2.30. The standard InChI is InChI=1S/C27H31FN4O2/c28-22-5-3-4-21-20(17-32-14-10-19(11-15-32)18-8-12-29-13-9-18)16-24(30-26(21)22)27(34)31-23-6-1-2-7-25(23)33/h3-5,8-9,12-13,16,19,23,25,33H,1-2,6-7,10-11,14-15,17H2,(H,31,34). The van der Waals surface area contributed by atoms with Crippen molar-refractivity contribution in [3.05, 3.63) is 71.4 Å². The van der Waals surface area contributed by atoms with Crippen molar-refractivity contribution < 1.29 is 14.3 Å². The number of piperidine rings is 1. The number of benzene rings is 1. The van der Waals surface area contributed by atoms with Crippen molar-refractivity contribution in [3.8, 4) is 0 Å². The Morgan fingerprint density at radius 3 is 2.62 bits per heavy atom. The van der Waals surface area contributed by atoms with Gasteiger partial charge in [0.05, 0.1) is 12.1 Å². The lowest BCUT2D eigenvalue weighted by atomic mass is 9.90. The highest BCUT2D eigenvalue weighted by atomic mass is 19.1. The normalized spacial score (nSPS) is 22.1. The third-order valence-electron chi connectivity index (χ3n) is 7.31. The van der Waals surface area contributed by atoms with E-state index in [4.69, 9.17) is 0 Å². The topological polar surface area (TPSA) is 78.4 Å². The van der Waals surface area contributed by atoms with Crippen molar-refractivity contribution in [2.24, 2.45) is 0 Å². The fourth-order valence-corrected chi connectivity index (χ4v) is 5.35. The highest BCUT2D eigenvalue weighted by Gasteiger charge is 2.26. The molecule has 178 valence electrons. The third-order valence-corrected chi connectivity index (χ3v) is 7.31. The molecule has 2 aromatic heterocycles. The van der Waals surface area contributed by atoms with Crippen LogP contribution in [0.2, 0.25) is 0 Å². The number of likely N-dealkylation sites (tertiary alicyclic amines) is 1. The van der Waals surface area contributed by atoms with E-state index in [0.29, 0.717) is 18.9 Å². The fraction of sp³-hybridized carbons (Fsp3) is 0.444. The molecule has 0 bridgehead atoms. The van der Waals surface area contributed by atoms with Crippen molar-refractivity contribution in [2.45, 2.75) is 63.1 Å². The van der Waals surface area contributed by atoms with Gasteiger partial charge in [-0.05, 0) is 80.1 Å². The van der Waals surface area contributed by atoms with Crippen LogP contribution in [-0.2, 0) is 6.54 Å². The van der Waals surface area contributed by atoms with Gasteiger partial charge < -0.3 is 10.4 Å². The Morgan fingerprint density at radius 1 is 1.09 bits per heavy atom. The minimum absolute atomic E-state index is 0.206. The zero-order valence-corrected chi connectivity index (χ0v) is 19.3. The van der Waals surface area contributed by atoms with Crippen LogP contribution >= 0.6 is 0 Å². The second-order valence-corrected chi connectivity index (χ2v) is 9.57. The molecule has 3 heterocycles. The van der Waals surface area contributed by atoms with E-state index < -0.39 is 11.9 Å². The van der Waals surface area contributed by atoms with Gasteiger partial charge in [0.25, 0.3) is 5.91 Å².